The molecule has 0 saturated carbocycles. The molecule has 0 radical (unpaired) electrons. The first-order valence-electron chi connectivity index (χ1n) is 10.3. The maximum absolute atomic E-state index is 12.7. The predicted molar refractivity (Wildman–Crippen MR) is 118 cm³/mol. The molecule has 9 nitrogen and oxygen atoms in total. The summed E-state index contributed by atoms with van der Waals surface area (Å²) < 4.78 is 1.86. The first-order chi connectivity index (χ1) is 15.0. The molecule has 1 atom stereocenters. The molecule has 0 bridgehead atoms. The summed E-state index contributed by atoms with van der Waals surface area (Å²) in [7, 11) is 1.91. The van der Waals surface area contributed by atoms with Gasteiger partial charge in [-0.3, -0.25) is 9.48 Å². The number of likely N-dealkylation sites (N-methyl/N-ethyl adjacent to an activating group) is 1. The molecule has 31 heavy (non-hydrogen) atoms. The molecule has 1 amide bonds. The van der Waals surface area contributed by atoms with Gasteiger partial charge in [0.2, 0.25) is 11.9 Å². The van der Waals surface area contributed by atoms with E-state index in [0.717, 1.165) is 47.7 Å². The van der Waals surface area contributed by atoms with E-state index in [2.05, 4.69) is 15.4 Å². The third kappa shape index (κ3) is 3.69. The minimum Gasteiger partial charge on any atom is -0.350 e. The zero-order valence-electron chi connectivity index (χ0n) is 17.4. The molecular formula is C21H23ClN8O. The minimum absolute atomic E-state index is 0.114. The maximum atomic E-state index is 12.7. The highest BCUT2D eigenvalue weighted by Gasteiger charge is 2.38. The molecule has 5 rings (SSSR count). The van der Waals surface area contributed by atoms with Crippen LogP contribution >= 0.6 is 11.6 Å². The van der Waals surface area contributed by atoms with Gasteiger partial charge in [-0.2, -0.15) is 10.1 Å². The van der Waals surface area contributed by atoms with E-state index in [-0.39, 0.29) is 11.9 Å². The lowest BCUT2D eigenvalue weighted by atomic mass is 10.0. The molecule has 10 heteroatoms. The average molecular weight is 439 g/mol. The average Bonchev–Trinajstić information content (AvgIpc) is 3.23. The van der Waals surface area contributed by atoms with E-state index in [1.165, 1.54) is 0 Å². The van der Waals surface area contributed by atoms with E-state index >= 15 is 0 Å². The second-order valence-corrected chi connectivity index (χ2v) is 8.32. The molecule has 0 fully saturated rings. The number of halogens is 1. The van der Waals surface area contributed by atoms with Gasteiger partial charge in [0.1, 0.15) is 16.9 Å². The summed E-state index contributed by atoms with van der Waals surface area (Å²) in [5.41, 5.74) is 3.85. The van der Waals surface area contributed by atoms with Gasteiger partial charge in [0.15, 0.2) is 5.82 Å². The van der Waals surface area contributed by atoms with Crippen LogP contribution in [0.5, 0.6) is 0 Å². The summed E-state index contributed by atoms with van der Waals surface area (Å²) in [6.45, 7) is 3.82. The van der Waals surface area contributed by atoms with Crippen LogP contribution in [-0.2, 0) is 24.3 Å². The number of hydrogen-bond acceptors (Lipinski definition) is 7. The van der Waals surface area contributed by atoms with Crippen molar-refractivity contribution in [2.75, 3.05) is 28.7 Å². The highest BCUT2D eigenvalue weighted by molar-refractivity contribution is 6.29. The van der Waals surface area contributed by atoms with E-state index in [0.29, 0.717) is 24.2 Å². The second-order valence-electron chi connectivity index (χ2n) is 7.94. The molecule has 0 unspecified atom stereocenters. The molecule has 0 saturated heterocycles. The third-order valence-electron chi connectivity index (χ3n) is 5.81. The predicted octanol–water partition coefficient (Wildman–Crippen LogP) is 2.50. The number of aryl methyl sites for hydroxylation is 1. The van der Waals surface area contributed by atoms with Gasteiger partial charge < -0.3 is 15.1 Å². The van der Waals surface area contributed by atoms with Crippen LogP contribution in [-0.4, -0.2) is 50.3 Å². The Labute approximate surface area is 185 Å². The standard InChI is InChI=1S/C21H23ClN8O/c1-13-20(31)30-7-3-4-16-18(30)19(28(13)2)27-21(26-16)24-9-15-10-25-29(12-15)11-14-5-6-17(22)23-8-14/h5-6,8,10,12-13H,3-4,7,9,11H2,1-2H3,(H,24,26,27)/t13-/m0/s1. The highest BCUT2D eigenvalue weighted by Crippen LogP contribution is 2.39. The number of aromatic nitrogens is 5. The van der Waals surface area contributed by atoms with Gasteiger partial charge in [0.25, 0.3) is 0 Å². The molecule has 2 aliphatic rings. The Bertz CT molecular complexity index is 1130. The summed E-state index contributed by atoms with van der Waals surface area (Å²) in [5.74, 6) is 1.49. The third-order valence-corrected chi connectivity index (χ3v) is 6.04. The number of pyridine rings is 1. The molecule has 3 aromatic heterocycles. The van der Waals surface area contributed by atoms with Gasteiger partial charge >= 0.3 is 0 Å². The van der Waals surface area contributed by atoms with Crippen molar-refractivity contribution in [1.29, 1.82) is 0 Å². The Morgan fingerprint density at radius 3 is 2.90 bits per heavy atom. The van der Waals surface area contributed by atoms with E-state index in [9.17, 15) is 4.79 Å². The number of rotatable bonds is 5. The molecule has 0 spiro atoms. The topological polar surface area (TPSA) is 92.1 Å². The summed E-state index contributed by atoms with van der Waals surface area (Å²) >= 11 is 5.84. The number of hydrogen-bond donors (Lipinski definition) is 1. The zero-order chi connectivity index (χ0) is 21.5. The fraction of sp³-hybridized carbons (Fsp3) is 0.381. The van der Waals surface area contributed by atoms with Crippen molar-refractivity contribution >= 4 is 35.0 Å². The van der Waals surface area contributed by atoms with Gasteiger partial charge in [0.05, 0.1) is 18.4 Å². The van der Waals surface area contributed by atoms with Crippen molar-refractivity contribution in [3.63, 3.8) is 0 Å². The molecule has 0 aliphatic carbocycles. The lowest BCUT2D eigenvalue weighted by molar-refractivity contribution is -0.119. The van der Waals surface area contributed by atoms with Crippen LogP contribution in [0, 0.1) is 0 Å². The molecule has 5 heterocycles. The molecule has 2 aliphatic heterocycles. The molecule has 1 N–H and O–H groups in total. The first kappa shape index (κ1) is 19.7. The maximum Gasteiger partial charge on any atom is 0.249 e. The Balaban J connectivity index is 1.32. The summed E-state index contributed by atoms with van der Waals surface area (Å²) in [6, 6.07) is 3.48. The van der Waals surface area contributed by atoms with E-state index < -0.39 is 0 Å². The van der Waals surface area contributed by atoms with Crippen LogP contribution in [0.25, 0.3) is 0 Å². The van der Waals surface area contributed by atoms with E-state index in [4.69, 9.17) is 21.6 Å². The first-order valence-corrected chi connectivity index (χ1v) is 10.7. The smallest absolute Gasteiger partial charge is 0.249 e. The van der Waals surface area contributed by atoms with Crippen molar-refractivity contribution in [3.8, 4) is 0 Å². The van der Waals surface area contributed by atoms with Crippen LogP contribution < -0.4 is 15.1 Å². The van der Waals surface area contributed by atoms with Gasteiger partial charge in [-0.05, 0) is 31.4 Å². The molecular weight excluding hydrogens is 416 g/mol. The van der Waals surface area contributed by atoms with Gasteiger partial charge in [-0.25, -0.2) is 9.97 Å². The lowest BCUT2D eigenvalue weighted by Gasteiger charge is -2.41. The van der Waals surface area contributed by atoms with Crippen molar-refractivity contribution in [1.82, 2.24) is 24.7 Å². The lowest BCUT2D eigenvalue weighted by Crippen LogP contribution is -2.53. The largest absolute Gasteiger partial charge is 0.350 e. The van der Waals surface area contributed by atoms with Crippen LogP contribution in [0.15, 0.2) is 30.7 Å². The number of nitrogens with one attached hydrogen (secondary N) is 1. The number of carbonyl (C=O) groups excluding carboxylic acids is 1. The van der Waals surface area contributed by atoms with Crippen molar-refractivity contribution in [3.05, 3.63) is 52.7 Å². The molecule has 0 aromatic carbocycles. The summed E-state index contributed by atoms with van der Waals surface area (Å²) in [5, 5.41) is 8.22. The fourth-order valence-corrected chi connectivity index (χ4v) is 4.14. The Hall–Kier alpha value is -3.20. The fourth-order valence-electron chi connectivity index (χ4n) is 4.03. The minimum atomic E-state index is -0.234. The summed E-state index contributed by atoms with van der Waals surface area (Å²) in [6.07, 6.45) is 7.32. The highest BCUT2D eigenvalue weighted by atomic mass is 35.5. The van der Waals surface area contributed by atoms with Crippen LogP contribution in [0.2, 0.25) is 5.15 Å². The molecule has 160 valence electrons. The normalized spacial score (nSPS) is 17.6. The Morgan fingerprint density at radius 2 is 2.10 bits per heavy atom. The summed E-state index contributed by atoms with van der Waals surface area (Å²) in [4.78, 5) is 30.0. The van der Waals surface area contributed by atoms with Crippen molar-refractivity contribution in [2.24, 2.45) is 0 Å². The van der Waals surface area contributed by atoms with Gasteiger partial charge in [-0.1, -0.05) is 17.7 Å². The van der Waals surface area contributed by atoms with Crippen LogP contribution in [0.1, 0.15) is 30.2 Å². The van der Waals surface area contributed by atoms with Gasteiger partial charge in [0, 0.05) is 38.1 Å². The quantitative estimate of drug-likeness (QED) is 0.612. The zero-order valence-corrected chi connectivity index (χ0v) is 18.2. The Kier molecular flexibility index (Phi) is 4.97. The van der Waals surface area contributed by atoms with Crippen molar-refractivity contribution < 1.29 is 4.79 Å². The number of nitrogens with zero attached hydrogens (tertiary/aromatic N) is 7. The second kappa shape index (κ2) is 7.81. The number of amides is 1. The number of anilines is 3. The van der Waals surface area contributed by atoms with Gasteiger partial charge in [-0.15, -0.1) is 0 Å². The van der Waals surface area contributed by atoms with E-state index in [1.54, 1.807) is 12.3 Å². The van der Waals surface area contributed by atoms with Crippen LogP contribution in [0.3, 0.4) is 0 Å². The van der Waals surface area contributed by atoms with Crippen molar-refractivity contribution in [2.45, 2.75) is 38.9 Å². The monoisotopic (exact) mass is 438 g/mol. The number of carbonyl (C=O) groups is 1. The van der Waals surface area contributed by atoms with Crippen LogP contribution in [0.4, 0.5) is 17.5 Å². The SMILES string of the molecule is C[C@H]1C(=O)N2CCCc3nc(NCc4cnn(Cc5ccc(Cl)nc5)c4)nc(c32)N1C. The molecule has 3 aromatic rings. The Morgan fingerprint density at radius 1 is 1.23 bits per heavy atom. The van der Waals surface area contributed by atoms with E-state index in [1.807, 2.05) is 46.9 Å².